The fourth-order valence-electron chi connectivity index (χ4n) is 5.90. The number of hydrogen-bond donors (Lipinski definition) is 4. The molecule has 2 aromatic carbocycles. The van der Waals surface area contributed by atoms with Crippen LogP contribution in [0.2, 0.25) is 0 Å². The van der Waals surface area contributed by atoms with Crippen molar-refractivity contribution in [2.45, 2.75) is 50.0 Å². The third-order valence-electron chi connectivity index (χ3n) is 8.34. The van der Waals surface area contributed by atoms with Crippen LogP contribution in [-0.4, -0.2) is 83.5 Å². The number of cyclic esters (lactones) is 1. The number of carbonyl (C=O) groups excluding carboxylic acids is 3. The number of benzene rings is 2. The smallest absolute Gasteiger partial charge is 0.413 e. The van der Waals surface area contributed by atoms with Crippen molar-refractivity contribution in [1.82, 2.24) is 26.1 Å². The van der Waals surface area contributed by atoms with E-state index in [2.05, 4.69) is 27.6 Å². The van der Waals surface area contributed by atoms with E-state index >= 15 is 0 Å². The number of aliphatic hydroxyl groups excluding tert-OH is 1. The lowest BCUT2D eigenvalue weighted by atomic mass is 10.0. The highest BCUT2D eigenvalue weighted by atomic mass is 16.7. The third kappa shape index (κ3) is 8.13. The first-order valence-electron chi connectivity index (χ1n) is 15.5. The first-order chi connectivity index (χ1) is 22.8. The van der Waals surface area contributed by atoms with Gasteiger partial charge >= 0.3 is 12.2 Å². The van der Waals surface area contributed by atoms with Crippen molar-refractivity contribution in [3.63, 3.8) is 0 Å². The molecular weight excluding hydrogens is 606 g/mol. The summed E-state index contributed by atoms with van der Waals surface area (Å²) in [6.07, 6.45) is -0.728. The number of nitrogens with zero attached hydrogens (tertiary/aromatic N) is 2. The van der Waals surface area contributed by atoms with Gasteiger partial charge in [-0.15, -0.1) is 0 Å². The van der Waals surface area contributed by atoms with Gasteiger partial charge in [-0.1, -0.05) is 67.2 Å². The van der Waals surface area contributed by atoms with Gasteiger partial charge in [0.15, 0.2) is 12.3 Å². The summed E-state index contributed by atoms with van der Waals surface area (Å²) in [6, 6.07) is 20.8. The van der Waals surface area contributed by atoms with Crippen LogP contribution in [0.25, 0.3) is 11.3 Å². The standard InChI is InChI=1S/C34H37N5O8/c1-21-30(37-34(43)46-21)31(41)38-39(18-23-10-12-24(13-11-23)26-9-5-6-15-35-26)19-28(40)27(17-22-7-3-2-4-8-22)36-33(42)47-29-20-45-32-25(29)14-16-44-32/h2-13,15,25,27-30,32,40H,1,14,16-20H2,(H,36,42)(H,37,43)(H,38,41). The van der Waals surface area contributed by atoms with Crippen LogP contribution in [-0.2, 0) is 36.7 Å². The van der Waals surface area contributed by atoms with Crippen molar-refractivity contribution in [1.29, 1.82) is 0 Å². The number of aromatic nitrogens is 1. The molecule has 13 heteroatoms. The molecule has 0 spiro atoms. The summed E-state index contributed by atoms with van der Waals surface area (Å²) in [5.74, 6) is -0.674. The van der Waals surface area contributed by atoms with Gasteiger partial charge in [0.05, 0.1) is 37.0 Å². The molecule has 4 N–H and O–H groups in total. The number of pyridine rings is 1. The molecule has 3 aromatic rings. The predicted octanol–water partition coefficient (Wildman–Crippen LogP) is 2.66. The van der Waals surface area contributed by atoms with Crippen LogP contribution in [0.1, 0.15) is 17.5 Å². The van der Waals surface area contributed by atoms with Crippen molar-refractivity contribution < 1.29 is 38.4 Å². The van der Waals surface area contributed by atoms with Crippen LogP contribution < -0.4 is 16.1 Å². The van der Waals surface area contributed by atoms with Crippen LogP contribution in [0.3, 0.4) is 0 Å². The molecule has 0 radical (unpaired) electrons. The number of hydrogen-bond acceptors (Lipinski definition) is 10. The Morgan fingerprint density at radius 2 is 1.85 bits per heavy atom. The molecule has 1 aromatic heterocycles. The van der Waals surface area contributed by atoms with Crippen LogP contribution in [0.4, 0.5) is 9.59 Å². The maximum absolute atomic E-state index is 13.2. The number of amides is 3. The van der Waals surface area contributed by atoms with E-state index in [1.165, 1.54) is 5.01 Å². The summed E-state index contributed by atoms with van der Waals surface area (Å²) in [5.41, 5.74) is 6.22. The number of alkyl carbamates (subject to hydrolysis) is 2. The minimum atomic E-state index is -1.17. The number of ether oxygens (including phenoxy) is 4. The molecule has 4 heterocycles. The Morgan fingerprint density at radius 3 is 2.57 bits per heavy atom. The van der Waals surface area contributed by atoms with Crippen molar-refractivity contribution in [2.75, 3.05) is 19.8 Å². The lowest BCUT2D eigenvalue weighted by Gasteiger charge is -2.31. The zero-order chi connectivity index (χ0) is 32.8. The fourth-order valence-corrected chi connectivity index (χ4v) is 5.90. The summed E-state index contributed by atoms with van der Waals surface area (Å²) in [6.45, 7) is 4.52. The average Bonchev–Trinajstić information content (AvgIpc) is 3.79. The number of fused-ring (bicyclic) bond motifs is 1. The van der Waals surface area contributed by atoms with Crippen molar-refractivity contribution >= 4 is 18.1 Å². The van der Waals surface area contributed by atoms with E-state index in [0.29, 0.717) is 6.61 Å². The second-order valence-corrected chi connectivity index (χ2v) is 11.7. The molecule has 3 aliphatic rings. The summed E-state index contributed by atoms with van der Waals surface area (Å²) in [4.78, 5) is 42.5. The largest absolute Gasteiger partial charge is 0.443 e. The van der Waals surface area contributed by atoms with Gasteiger partial charge in [-0.05, 0) is 36.1 Å². The zero-order valence-electron chi connectivity index (χ0n) is 25.6. The quantitative estimate of drug-likeness (QED) is 0.216. The van der Waals surface area contributed by atoms with E-state index in [0.717, 1.165) is 28.8 Å². The number of carbonyl (C=O) groups is 3. The Kier molecular flexibility index (Phi) is 10.1. The minimum Gasteiger partial charge on any atom is -0.443 e. The van der Waals surface area contributed by atoms with E-state index in [-0.39, 0.29) is 44.1 Å². The van der Waals surface area contributed by atoms with Gasteiger partial charge in [0.25, 0.3) is 5.91 Å². The highest BCUT2D eigenvalue weighted by Gasteiger charge is 2.44. The molecule has 0 saturated carbocycles. The van der Waals surface area contributed by atoms with Gasteiger partial charge in [-0.2, -0.15) is 0 Å². The molecule has 6 rings (SSSR count). The molecule has 6 atom stereocenters. The molecule has 0 bridgehead atoms. The maximum atomic E-state index is 13.2. The molecule has 3 saturated heterocycles. The summed E-state index contributed by atoms with van der Waals surface area (Å²) in [5, 5.41) is 18.4. The SMILES string of the molecule is C=C1OC(=O)NC1C(=O)NN(Cc1ccc(-c2ccccn2)cc1)CC(O)C(Cc1ccccc1)NC(=O)OC1COC2OCCC12. The Hall–Kier alpha value is -4.82. The summed E-state index contributed by atoms with van der Waals surface area (Å²) < 4.78 is 21.8. The van der Waals surface area contributed by atoms with Crippen LogP contribution in [0, 0.1) is 5.92 Å². The van der Waals surface area contributed by atoms with E-state index in [9.17, 15) is 19.5 Å². The normalized spacial score (nSPS) is 23.0. The van der Waals surface area contributed by atoms with Gasteiger partial charge in [0.1, 0.15) is 11.9 Å². The van der Waals surface area contributed by atoms with E-state index in [1.54, 1.807) is 6.20 Å². The van der Waals surface area contributed by atoms with E-state index in [1.807, 2.05) is 72.8 Å². The molecule has 0 aliphatic carbocycles. The highest BCUT2D eigenvalue weighted by molar-refractivity contribution is 5.91. The predicted molar refractivity (Wildman–Crippen MR) is 168 cm³/mol. The van der Waals surface area contributed by atoms with Crippen molar-refractivity contribution in [3.05, 3.63) is 102 Å². The van der Waals surface area contributed by atoms with Gasteiger partial charge < -0.3 is 34.7 Å². The second kappa shape index (κ2) is 14.7. The number of nitrogens with one attached hydrogen (secondary N) is 3. The molecule has 47 heavy (non-hydrogen) atoms. The molecular formula is C34H37N5O8. The summed E-state index contributed by atoms with van der Waals surface area (Å²) in [7, 11) is 0. The van der Waals surface area contributed by atoms with Gasteiger partial charge in [-0.3, -0.25) is 15.2 Å². The van der Waals surface area contributed by atoms with Gasteiger partial charge in [0, 0.05) is 24.8 Å². The molecule has 246 valence electrons. The number of hydrazine groups is 1. The second-order valence-electron chi connectivity index (χ2n) is 11.7. The van der Waals surface area contributed by atoms with Crippen LogP contribution in [0.5, 0.6) is 0 Å². The monoisotopic (exact) mass is 643 g/mol. The van der Waals surface area contributed by atoms with E-state index < -0.39 is 42.4 Å². The number of aliphatic hydroxyl groups is 1. The van der Waals surface area contributed by atoms with E-state index in [4.69, 9.17) is 18.9 Å². The topological polar surface area (TPSA) is 161 Å². The average molecular weight is 644 g/mol. The highest BCUT2D eigenvalue weighted by Crippen LogP contribution is 2.33. The first kappa shape index (κ1) is 32.1. The Labute approximate surface area is 271 Å². The lowest BCUT2D eigenvalue weighted by molar-refractivity contribution is -0.128. The number of rotatable bonds is 12. The Balaban J connectivity index is 1.18. The molecule has 3 aliphatic heterocycles. The van der Waals surface area contributed by atoms with Crippen molar-refractivity contribution in [2.24, 2.45) is 5.92 Å². The first-order valence-corrected chi connectivity index (χ1v) is 15.5. The molecule has 13 nitrogen and oxygen atoms in total. The minimum absolute atomic E-state index is 0.0372. The van der Waals surface area contributed by atoms with Gasteiger partial charge in [0.2, 0.25) is 0 Å². The lowest BCUT2D eigenvalue weighted by Crippen LogP contribution is -2.55. The van der Waals surface area contributed by atoms with Crippen molar-refractivity contribution in [3.8, 4) is 11.3 Å². The maximum Gasteiger partial charge on any atom is 0.413 e. The summed E-state index contributed by atoms with van der Waals surface area (Å²) >= 11 is 0. The fraction of sp³-hybridized carbons (Fsp3) is 0.353. The molecule has 3 amide bonds. The third-order valence-corrected chi connectivity index (χ3v) is 8.34. The Morgan fingerprint density at radius 1 is 1.06 bits per heavy atom. The Bertz CT molecular complexity index is 1560. The van der Waals surface area contributed by atoms with Gasteiger partial charge in [-0.25, -0.2) is 14.6 Å². The van der Waals surface area contributed by atoms with Crippen LogP contribution >= 0.6 is 0 Å². The zero-order valence-corrected chi connectivity index (χ0v) is 25.6. The molecule has 3 fully saturated rings. The van der Waals surface area contributed by atoms with Crippen LogP contribution in [0.15, 0.2) is 91.3 Å². The molecule has 6 unspecified atom stereocenters.